The first-order valence-corrected chi connectivity index (χ1v) is 7.79. The number of nitrogens with zero attached hydrogens (tertiary/aromatic N) is 3. The van der Waals surface area contributed by atoms with Crippen molar-refractivity contribution in [3.8, 4) is 0 Å². The Kier molecular flexibility index (Phi) is 3.04. The SMILES string of the molecule is CN1C(=O)C2(CCCN(Cc3ncc[nH]3)C2)c2ccccc21. The van der Waals surface area contributed by atoms with Crippen LogP contribution >= 0.6 is 0 Å². The first-order valence-electron chi connectivity index (χ1n) is 7.79. The van der Waals surface area contributed by atoms with Crippen molar-refractivity contribution < 1.29 is 4.79 Å². The molecule has 4 rings (SSSR count). The number of anilines is 1. The highest BCUT2D eigenvalue weighted by Crippen LogP contribution is 2.46. The minimum Gasteiger partial charge on any atom is -0.348 e. The lowest BCUT2D eigenvalue weighted by molar-refractivity contribution is -0.125. The third kappa shape index (κ3) is 1.89. The van der Waals surface area contributed by atoms with Gasteiger partial charge in [-0.1, -0.05) is 18.2 Å². The number of hydrogen-bond donors (Lipinski definition) is 1. The van der Waals surface area contributed by atoms with Gasteiger partial charge in [-0.2, -0.15) is 0 Å². The minimum atomic E-state index is -0.379. The van der Waals surface area contributed by atoms with Crippen molar-refractivity contribution in [1.29, 1.82) is 0 Å². The molecule has 1 fully saturated rings. The van der Waals surface area contributed by atoms with Crippen molar-refractivity contribution in [3.63, 3.8) is 0 Å². The fourth-order valence-electron chi connectivity index (χ4n) is 3.99. The number of nitrogens with one attached hydrogen (secondary N) is 1. The van der Waals surface area contributed by atoms with Crippen LogP contribution in [0.2, 0.25) is 0 Å². The molecule has 1 spiro atoms. The molecule has 0 bridgehead atoms. The largest absolute Gasteiger partial charge is 0.348 e. The number of carbonyl (C=O) groups is 1. The zero-order chi connectivity index (χ0) is 15.2. The number of fused-ring (bicyclic) bond motifs is 2. The first-order chi connectivity index (χ1) is 10.7. The second-order valence-corrected chi connectivity index (χ2v) is 6.31. The number of benzene rings is 1. The Bertz CT molecular complexity index is 696. The lowest BCUT2D eigenvalue weighted by Crippen LogP contribution is -2.51. The number of likely N-dealkylation sites (tertiary alicyclic amines) is 1. The summed E-state index contributed by atoms with van der Waals surface area (Å²) in [5.41, 5.74) is 1.87. The molecule has 1 N–H and O–H groups in total. The Morgan fingerprint density at radius 3 is 3.05 bits per heavy atom. The van der Waals surface area contributed by atoms with E-state index in [1.165, 1.54) is 5.56 Å². The van der Waals surface area contributed by atoms with Gasteiger partial charge in [-0.25, -0.2) is 4.98 Å². The van der Waals surface area contributed by atoms with Crippen LogP contribution in [0.15, 0.2) is 36.7 Å². The van der Waals surface area contributed by atoms with Crippen molar-refractivity contribution in [1.82, 2.24) is 14.9 Å². The van der Waals surface area contributed by atoms with E-state index in [0.29, 0.717) is 0 Å². The number of hydrogen-bond acceptors (Lipinski definition) is 3. The first kappa shape index (κ1) is 13.5. The average molecular weight is 296 g/mol. The standard InChI is InChI=1S/C17H20N4O/c1-20-14-6-3-2-5-13(14)17(16(20)22)7-4-10-21(12-17)11-15-18-8-9-19-15/h2-3,5-6,8-9H,4,7,10-12H2,1H3,(H,18,19). The number of H-pyrrole nitrogens is 1. The predicted molar refractivity (Wildman–Crippen MR) is 84.6 cm³/mol. The van der Waals surface area contributed by atoms with Crippen LogP contribution in [0, 0.1) is 0 Å². The maximum absolute atomic E-state index is 13.0. The fourth-order valence-corrected chi connectivity index (χ4v) is 3.99. The molecule has 3 heterocycles. The van der Waals surface area contributed by atoms with E-state index in [-0.39, 0.29) is 11.3 Å². The van der Waals surface area contributed by atoms with Gasteiger partial charge in [-0.05, 0) is 31.0 Å². The van der Waals surface area contributed by atoms with Crippen LogP contribution in [-0.2, 0) is 16.8 Å². The van der Waals surface area contributed by atoms with Gasteiger partial charge < -0.3 is 9.88 Å². The molecule has 1 amide bonds. The van der Waals surface area contributed by atoms with Gasteiger partial charge in [0.1, 0.15) is 5.82 Å². The van der Waals surface area contributed by atoms with E-state index in [0.717, 1.165) is 44.0 Å². The molecular weight excluding hydrogens is 276 g/mol. The number of piperidine rings is 1. The summed E-state index contributed by atoms with van der Waals surface area (Å²) >= 11 is 0. The maximum atomic E-state index is 13.0. The van der Waals surface area contributed by atoms with Gasteiger partial charge in [0, 0.05) is 31.7 Å². The average Bonchev–Trinajstić information content (AvgIpc) is 3.12. The van der Waals surface area contributed by atoms with Crippen LogP contribution in [0.1, 0.15) is 24.2 Å². The molecular formula is C17H20N4O. The summed E-state index contributed by atoms with van der Waals surface area (Å²) in [5.74, 6) is 1.20. The van der Waals surface area contributed by atoms with E-state index in [1.807, 2.05) is 36.3 Å². The molecule has 1 aromatic heterocycles. The van der Waals surface area contributed by atoms with Crippen molar-refractivity contribution in [3.05, 3.63) is 48.0 Å². The Hall–Kier alpha value is -2.14. The van der Waals surface area contributed by atoms with Gasteiger partial charge in [0.05, 0.1) is 12.0 Å². The van der Waals surface area contributed by atoms with E-state index in [1.54, 1.807) is 6.20 Å². The molecule has 1 unspecified atom stereocenters. The van der Waals surface area contributed by atoms with E-state index < -0.39 is 0 Å². The van der Waals surface area contributed by atoms with Crippen LogP contribution in [0.5, 0.6) is 0 Å². The number of carbonyl (C=O) groups excluding carboxylic acids is 1. The maximum Gasteiger partial charge on any atom is 0.238 e. The number of amides is 1. The number of likely N-dealkylation sites (N-methyl/N-ethyl adjacent to an activating group) is 1. The highest BCUT2D eigenvalue weighted by atomic mass is 16.2. The van der Waals surface area contributed by atoms with Crippen molar-refractivity contribution >= 4 is 11.6 Å². The van der Waals surface area contributed by atoms with E-state index in [2.05, 4.69) is 20.9 Å². The summed E-state index contributed by atoms with van der Waals surface area (Å²) in [7, 11) is 1.89. The summed E-state index contributed by atoms with van der Waals surface area (Å²) in [6.45, 7) is 2.56. The summed E-state index contributed by atoms with van der Waals surface area (Å²) in [5, 5.41) is 0. The molecule has 114 valence electrons. The Morgan fingerprint density at radius 2 is 2.23 bits per heavy atom. The fraction of sp³-hybridized carbons (Fsp3) is 0.412. The van der Waals surface area contributed by atoms with Crippen molar-refractivity contribution in [2.24, 2.45) is 0 Å². The quantitative estimate of drug-likeness (QED) is 0.921. The molecule has 0 saturated carbocycles. The molecule has 1 saturated heterocycles. The highest BCUT2D eigenvalue weighted by molar-refractivity contribution is 6.08. The van der Waals surface area contributed by atoms with Crippen LogP contribution in [-0.4, -0.2) is 40.9 Å². The number of rotatable bonds is 2. The second kappa shape index (κ2) is 4.95. The molecule has 0 aliphatic carbocycles. The van der Waals surface area contributed by atoms with E-state index >= 15 is 0 Å². The molecule has 22 heavy (non-hydrogen) atoms. The second-order valence-electron chi connectivity index (χ2n) is 6.31. The molecule has 1 atom stereocenters. The molecule has 5 nitrogen and oxygen atoms in total. The van der Waals surface area contributed by atoms with Gasteiger partial charge in [-0.3, -0.25) is 9.69 Å². The summed E-state index contributed by atoms with van der Waals surface area (Å²) in [6.07, 6.45) is 5.59. The van der Waals surface area contributed by atoms with E-state index in [9.17, 15) is 4.79 Å². The van der Waals surface area contributed by atoms with Gasteiger partial charge >= 0.3 is 0 Å². The third-order valence-electron chi connectivity index (χ3n) is 4.99. The topological polar surface area (TPSA) is 52.2 Å². The van der Waals surface area contributed by atoms with Crippen LogP contribution in [0.4, 0.5) is 5.69 Å². The third-order valence-corrected chi connectivity index (χ3v) is 4.99. The Morgan fingerprint density at radius 1 is 1.36 bits per heavy atom. The predicted octanol–water partition coefficient (Wildman–Crippen LogP) is 1.92. The number of para-hydroxylation sites is 1. The molecule has 2 aliphatic heterocycles. The lowest BCUT2D eigenvalue weighted by Gasteiger charge is -2.39. The Balaban J connectivity index is 1.67. The molecule has 5 heteroatoms. The number of aromatic nitrogens is 2. The smallest absolute Gasteiger partial charge is 0.238 e. The molecule has 2 aromatic rings. The van der Waals surface area contributed by atoms with Crippen molar-refractivity contribution in [2.45, 2.75) is 24.8 Å². The van der Waals surface area contributed by atoms with Gasteiger partial charge in [0.2, 0.25) is 5.91 Å². The molecule has 1 aromatic carbocycles. The molecule has 2 aliphatic rings. The van der Waals surface area contributed by atoms with Crippen LogP contribution in [0.25, 0.3) is 0 Å². The monoisotopic (exact) mass is 296 g/mol. The zero-order valence-electron chi connectivity index (χ0n) is 12.7. The van der Waals surface area contributed by atoms with E-state index in [4.69, 9.17) is 0 Å². The van der Waals surface area contributed by atoms with Gasteiger partial charge in [-0.15, -0.1) is 0 Å². The zero-order valence-corrected chi connectivity index (χ0v) is 12.7. The number of aromatic amines is 1. The van der Waals surface area contributed by atoms with Crippen LogP contribution < -0.4 is 4.90 Å². The summed E-state index contributed by atoms with van der Waals surface area (Å²) in [4.78, 5) is 24.6. The normalized spacial score (nSPS) is 25.0. The lowest BCUT2D eigenvalue weighted by atomic mass is 9.75. The number of imidazole rings is 1. The summed E-state index contributed by atoms with van der Waals surface area (Å²) in [6, 6.07) is 8.21. The van der Waals surface area contributed by atoms with Crippen LogP contribution in [0.3, 0.4) is 0 Å². The highest BCUT2D eigenvalue weighted by Gasteiger charge is 2.51. The van der Waals surface area contributed by atoms with Gasteiger partial charge in [0.15, 0.2) is 0 Å². The Labute approximate surface area is 130 Å². The van der Waals surface area contributed by atoms with Crippen molar-refractivity contribution in [2.75, 3.05) is 25.0 Å². The molecule has 0 radical (unpaired) electrons. The summed E-state index contributed by atoms with van der Waals surface area (Å²) < 4.78 is 0. The van der Waals surface area contributed by atoms with Gasteiger partial charge in [0.25, 0.3) is 0 Å². The minimum absolute atomic E-state index is 0.234.